The monoisotopic (exact) mass is 469 g/mol. The first kappa shape index (κ1) is 23.9. The molecule has 1 heterocycles. The second kappa shape index (κ2) is 8.85. The van der Waals surface area contributed by atoms with Crippen LogP contribution < -0.4 is 0 Å². The Labute approximate surface area is 196 Å². The highest BCUT2D eigenvalue weighted by Gasteiger charge is 2.48. The number of fused-ring (bicyclic) bond motifs is 1. The number of rotatable bonds is 4. The number of carbonyl (C=O) groups excluding carboxylic acids is 2. The fraction of sp³-hybridized carbons (Fsp3) is 0.370. The molecule has 0 N–H and O–H groups in total. The van der Waals surface area contributed by atoms with Gasteiger partial charge < -0.3 is 4.74 Å². The molecule has 34 heavy (non-hydrogen) atoms. The molecule has 1 fully saturated rings. The van der Waals surface area contributed by atoms with E-state index in [2.05, 4.69) is 9.73 Å². The molecule has 0 saturated heterocycles. The maximum Gasteiger partial charge on any atom is 0.422 e. The summed E-state index contributed by atoms with van der Waals surface area (Å²) in [5, 5.41) is 0. The van der Waals surface area contributed by atoms with Crippen molar-refractivity contribution < 1.29 is 27.5 Å². The summed E-state index contributed by atoms with van der Waals surface area (Å²) < 4.78 is 42.9. The topological polar surface area (TPSA) is 55.7 Å². The van der Waals surface area contributed by atoms with Crippen LogP contribution in [-0.2, 0) is 14.3 Å². The number of hydrogen-bond donors (Lipinski definition) is 0. The number of halogens is 3. The molecule has 1 saturated carbocycles. The van der Waals surface area contributed by atoms with Crippen LogP contribution in [-0.4, -0.2) is 30.2 Å². The third-order valence-corrected chi connectivity index (χ3v) is 6.33. The largest absolute Gasteiger partial charge is 0.453 e. The molecular formula is C27H26F3NO3. The standard InChI is InChI=1S/C27H26F3NO3/c1-16-22(25(33)34-15-27(28,29)30)23(24-20(31-16)13-26(2,3)14-21(24)32)19-11-9-18(10-12-19)17-7-5-4-6-8-17/h4-12,23-24H,13-15H2,1-3H3. The molecular weight excluding hydrogens is 443 g/mol. The average Bonchev–Trinajstić information content (AvgIpc) is 2.76. The number of carbonyl (C=O) groups is 2. The van der Waals surface area contributed by atoms with Crippen molar-refractivity contribution in [2.45, 2.75) is 45.7 Å². The molecule has 2 atom stereocenters. The zero-order valence-corrected chi connectivity index (χ0v) is 19.3. The van der Waals surface area contributed by atoms with Crippen molar-refractivity contribution in [1.82, 2.24) is 0 Å². The highest BCUT2D eigenvalue weighted by atomic mass is 19.4. The maximum atomic E-state index is 13.3. The molecule has 4 rings (SSSR count). The van der Waals surface area contributed by atoms with Crippen LogP contribution in [0.2, 0.25) is 0 Å². The predicted octanol–water partition coefficient (Wildman–Crippen LogP) is 6.28. The van der Waals surface area contributed by atoms with E-state index < -0.39 is 30.6 Å². The van der Waals surface area contributed by atoms with Gasteiger partial charge in [-0.05, 0) is 35.4 Å². The van der Waals surface area contributed by atoms with Gasteiger partial charge >= 0.3 is 12.1 Å². The van der Waals surface area contributed by atoms with E-state index in [1.54, 1.807) is 6.92 Å². The number of Topliss-reactive ketones (excluding diaryl/α,β-unsaturated/α-hetero) is 1. The zero-order chi connectivity index (χ0) is 24.7. The molecule has 0 spiro atoms. The van der Waals surface area contributed by atoms with Crippen LogP contribution in [0.5, 0.6) is 0 Å². The molecule has 2 aliphatic rings. The van der Waals surface area contributed by atoms with Crippen molar-refractivity contribution in [2.75, 3.05) is 6.61 Å². The lowest BCUT2D eigenvalue weighted by molar-refractivity contribution is -0.183. The van der Waals surface area contributed by atoms with Gasteiger partial charge in [0.15, 0.2) is 6.61 Å². The lowest BCUT2D eigenvalue weighted by atomic mass is 9.63. The second-order valence-electron chi connectivity index (χ2n) is 9.72. The Morgan fingerprint density at radius 1 is 1.00 bits per heavy atom. The Bertz CT molecular complexity index is 1160. The number of benzene rings is 2. The molecule has 178 valence electrons. The van der Waals surface area contributed by atoms with Gasteiger partial charge in [0.1, 0.15) is 5.78 Å². The number of esters is 1. The van der Waals surface area contributed by atoms with Crippen molar-refractivity contribution in [2.24, 2.45) is 16.3 Å². The van der Waals surface area contributed by atoms with Gasteiger partial charge in [-0.25, -0.2) is 4.79 Å². The van der Waals surface area contributed by atoms with Crippen molar-refractivity contribution in [3.05, 3.63) is 71.4 Å². The van der Waals surface area contributed by atoms with Gasteiger partial charge in [0, 0.05) is 23.7 Å². The minimum absolute atomic E-state index is 0.0125. The molecule has 2 unspecified atom stereocenters. The van der Waals surface area contributed by atoms with Crippen molar-refractivity contribution in [3.63, 3.8) is 0 Å². The van der Waals surface area contributed by atoms with Gasteiger partial charge in [0.25, 0.3) is 0 Å². The number of alkyl halides is 3. The maximum absolute atomic E-state index is 13.3. The fourth-order valence-electron chi connectivity index (χ4n) is 4.96. The lowest BCUT2D eigenvalue weighted by Gasteiger charge is -2.41. The van der Waals surface area contributed by atoms with Crippen LogP contribution in [0.4, 0.5) is 13.2 Å². The van der Waals surface area contributed by atoms with Crippen LogP contribution in [0.15, 0.2) is 70.9 Å². The Kier molecular flexibility index (Phi) is 6.23. The molecule has 2 aromatic rings. The van der Waals surface area contributed by atoms with E-state index in [1.807, 2.05) is 68.4 Å². The Balaban J connectivity index is 1.77. The number of hydrogen-bond acceptors (Lipinski definition) is 4. The van der Waals surface area contributed by atoms with E-state index in [4.69, 9.17) is 0 Å². The van der Waals surface area contributed by atoms with E-state index in [1.165, 1.54) is 0 Å². The summed E-state index contributed by atoms with van der Waals surface area (Å²) >= 11 is 0. The van der Waals surface area contributed by atoms with Crippen molar-refractivity contribution in [1.29, 1.82) is 0 Å². The highest BCUT2D eigenvalue weighted by molar-refractivity contribution is 6.12. The molecule has 1 aliphatic heterocycles. The van der Waals surface area contributed by atoms with Gasteiger partial charge in [0.2, 0.25) is 0 Å². The molecule has 0 bridgehead atoms. The molecule has 0 amide bonds. The van der Waals surface area contributed by atoms with E-state index in [-0.39, 0.29) is 16.8 Å². The predicted molar refractivity (Wildman–Crippen MR) is 123 cm³/mol. The Morgan fingerprint density at radius 3 is 2.24 bits per heavy atom. The summed E-state index contributed by atoms with van der Waals surface area (Å²) in [5.74, 6) is -2.61. The Morgan fingerprint density at radius 2 is 1.62 bits per heavy atom. The van der Waals surface area contributed by atoms with Crippen LogP contribution in [0, 0.1) is 11.3 Å². The first-order valence-electron chi connectivity index (χ1n) is 11.2. The van der Waals surface area contributed by atoms with Crippen LogP contribution in [0.25, 0.3) is 11.1 Å². The number of allylic oxidation sites excluding steroid dienone is 1. The molecule has 0 aromatic heterocycles. The number of ketones is 1. The van der Waals surface area contributed by atoms with Crippen LogP contribution >= 0.6 is 0 Å². The van der Waals surface area contributed by atoms with Crippen molar-refractivity contribution >= 4 is 17.5 Å². The molecule has 4 nitrogen and oxygen atoms in total. The van der Waals surface area contributed by atoms with E-state index >= 15 is 0 Å². The zero-order valence-electron chi connectivity index (χ0n) is 19.3. The highest BCUT2D eigenvalue weighted by Crippen LogP contribution is 2.47. The first-order chi connectivity index (χ1) is 16.0. The summed E-state index contributed by atoms with van der Waals surface area (Å²) in [6.07, 6.45) is -3.77. The molecule has 0 radical (unpaired) electrons. The van der Waals surface area contributed by atoms with E-state index in [0.717, 1.165) is 11.1 Å². The van der Waals surface area contributed by atoms with Gasteiger partial charge in [0.05, 0.1) is 11.5 Å². The van der Waals surface area contributed by atoms with E-state index in [9.17, 15) is 22.8 Å². The summed E-state index contributed by atoms with van der Waals surface area (Å²) in [7, 11) is 0. The summed E-state index contributed by atoms with van der Waals surface area (Å²) in [6, 6.07) is 17.1. The number of aliphatic imine (C=N–C) groups is 1. The van der Waals surface area contributed by atoms with Crippen molar-refractivity contribution in [3.8, 4) is 11.1 Å². The van der Waals surface area contributed by atoms with Gasteiger partial charge in [-0.3, -0.25) is 9.79 Å². The summed E-state index contributed by atoms with van der Waals surface area (Å²) in [5.41, 5.74) is 3.33. The third-order valence-electron chi connectivity index (χ3n) is 6.33. The molecule has 1 aliphatic carbocycles. The summed E-state index contributed by atoms with van der Waals surface area (Å²) in [6.45, 7) is 3.87. The van der Waals surface area contributed by atoms with Crippen LogP contribution in [0.1, 0.15) is 45.1 Å². The second-order valence-corrected chi connectivity index (χ2v) is 9.72. The first-order valence-corrected chi connectivity index (χ1v) is 11.2. The van der Waals surface area contributed by atoms with E-state index in [0.29, 0.717) is 29.8 Å². The third kappa shape index (κ3) is 4.98. The van der Waals surface area contributed by atoms with Gasteiger partial charge in [-0.15, -0.1) is 0 Å². The lowest BCUT2D eigenvalue weighted by Crippen LogP contribution is -2.44. The normalized spacial score (nSPS) is 22.2. The quantitative estimate of drug-likeness (QED) is 0.496. The molecule has 2 aromatic carbocycles. The minimum Gasteiger partial charge on any atom is -0.453 e. The van der Waals surface area contributed by atoms with Crippen LogP contribution in [0.3, 0.4) is 0 Å². The number of ether oxygens (including phenoxy) is 1. The minimum atomic E-state index is -4.65. The Hall–Kier alpha value is -3.22. The number of nitrogens with zero attached hydrogens (tertiary/aromatic N) is 1. The smallest absolute Gasteiger partial charge is 0.422 e. The van der Waals surface area contributed by atoms with Gasteiger partial charge in [-0.2, -0.15) is 13.2 Å². The van der Waals surface area contributed by atoms with Gasteiger partial charge in [-0.1, -0.05) is 68.4 Å². The fourth-order valence-corrected chi connectivity index (χ4v) is 4.96. The molecule has 7 heteroatoms. The average molecular weight is 470 g/mol. The summed E-state index contributed by atoms with van der Waals surface area (Å²) in [4.78, 5) is 30.7. The SMILES string of the molecule is CC1=C(C(=O)OCC(F)(F)F)C(c2ccc(-c3ccccc3)cc2)C2C(=O)CC(C)(C)CC2=N1.